The molecule has 2 nitrogen and oxygen atoms in total. The van der Waals surface area contributed by atoms with E-state index in [0.717, 1.165) is 20.9 Å². The molecule has 3 heteroatoms. The summed E-state index contributed by atoms with van der Waals surface area (Å²) in [5.74, 6) is -0.0486. The number of hydrogen-bond acceptors (Lipinski definition) is 1. The van der Waals surface area contributed by atoms with Gasteiger partial charge in [0.25, 0.3) is 0 Å². The van der Waals surface area contributed by atoms with Crippen LogP contribution in [0.2, 0.25) is 0 Å². The SMILES string of the molecule is C=CCC(=O)Nc1ccc(Br)c2ccccc12. The summed E-state index contributed by atoms with van der Waals surface area (Å²) in [7, 11) is 0. The summed E-state index contributed by atoms with van der Waals surface area (Å²) < 4.78 is 1.02. The van der Waals surface area contributed by atoms with Gasteiger partial charge in [0.05, 0.1) is 0 Å². The largest absolute Gasteiger partial charge is 0.325 e. The van der Waals surface area contributed by atoms with Crippen LogP contribution in [0.15, 0.2) is 53.5 Å². The molecule has 0 aromatic heterocycles. The van der Waals surface area contributed by atoms with Crippen molar-refractivity contribution in [1.29, 1.82) is 0 Å². The second kappa shape index (κ2) is 5.15. The lowest BCUT2D eigenvalue weighted by molar-refractivity contribution is -0.115. The zero-order valence-electron chi connectivity index (χ0n) is 9.24. The molecule has 0 bridgehead atoms. The summed E-state index contributed by atoms with van der Waals surface area (Å²) in [5.41, 5.74) is 0.829. The van der Waals surface area contributed by atoms with Crippen molar-refractivity contribution in [1.82, 2.24) is 0 Å². The summed E-state index contributed by atoms with van der Waals surface area (Å²) in [4.78, 5) is 11.5. The first-order valence-electron chi connectivity index (χ1n) is 5.30. The van der Waals surface area contributed by atoms with E-state index < -0.39 is 0 Å². The van der Waals surface area contributed by atoms with Gasteiger partial charge in [0.1, 0.15) is 0 Å². The predicted octanol–water partition coefficient (Wildman–Crippen LogP) is 4.12. The van der Waals surface area contributed by atoms with Crippen molar-refractivity contribution in [3.05, 3.63) is 53.5 Å². The van der Waals surface area contributed by atoms with Crippen molar-refractivity contribution in [3.8, 4) is 0 Å². The van der Waals surface area contributed by atoms with Gasteiger partial charge in [-0.2, -0.15) is 0 Å². The Morgan fingerprint density at radius 1 is 1.24 bits per heavy atom. The van der Waals surface area contributed by atoms with Crippen LogP contribution in [0.3, 0.4) is 0 Å². The van der Waals surface area contributed by atoms with Crippen LogP contribution in [0, 0.1) is 0 Å². The van der Waals surface area contributed by atoms with E-state index >= 15 is 0 Å². The van der Waals surface area contributed by atoms with Gasteiger partial charge in [-0.25, -0.2) is 0 Å². The first-order chi connectivity index (χ1) is 8.22. The molecule has 0 saturated heterocycles. The molecule has 0 heterocycles. The Balaban J connectivity index is 2.44. The number of fused-ring (bicyclic) bond motifs is 1. The van der Waals surface area contributed by atoms with Crippen LogP contribution in [0.4, 0.5) is 5.69 Å². The van der Waals surface area contributed by atoms with Gasteiger partial charge in [-0.1, -0.05) is 46.3 Å². The Morgan fingerprint density at radius 2 is 1.94 bits per heavy atom. The van der Waals surface area contributed by atoms with E-state index in [4.69, 9.17) is 0 Å². The van der Waals surface area contributed by atoms with E-state index in [1.54, 1.807) is 6.08 Å². The lowest BCUT2D eigenvalue weighted by Gasteiger charge is -2.09. The minimum atomic E-state index is -0.0486. The lowest BCUT2D eigenvalue weighted by Crippen LogP contribution is -2.10. The molecule has 0 aliphatic heterocycles. The molecule has 2 rings (SSSR count). The standard InChI is InChI=1S/C14H12BrNO/c1-2-5-14(17)16-13-9-8-12(15)10-6-3-4-7-11(10)13/h2-4,6-9H,1,5H2,(H,16,17). The van der Waals surface area contributed by atoms with Crippen molar-refractivity contribution in [2.24, 2.45) is 0 Å². The van der Waals surface area contributed by atoms with E-state index in [0.29, 0.717) is 6.42 Å². The highest BCUT2D eigenvalue weighted by Gasteiger charge is 2.06. The van der Waals surface area contributed by atoms with Crippen LogP contribution in [0.25, 0.3) is 10.8 Å². The van der Waals surface area contributed by atoms with Gasteiger partial charge in [0.15, 0.2) is 0 Å². The number of carbonyl (C=O) groups excluding carboxylic acids is 1. The van der Waals surface area contributed by atoms with Crippen LogP contribution >= 0.6 is 15.9 Å². The molecule has 0 aliphatic rings. The minimum Gasteiger partial charge on any atom is -0.325 e. The van der Waals surface area contributed by atoms with Crippen LogP contribution in [-0.4, -0.2) is 5.91 Å². The van der Waals surface area contributed by atoms with E-state index in [1.807, 2.05) is 36.4 Å². The van der Waals surface area contributed by atoms with Gasteiger partial charge in [0.2, 0.25) is 5.91 Å². The lowest BCUT2D eigenvalue weighted by atomic mass is 10.1. The molecule has 86 valence electrons. The molecule has 0 radical (unpaired) electrons. The second-order valence-corrected chi connectivity index (χ2v) is 4.54. The third-order valence-electron chi connectivity index (χ3n) is 2.47. The summed E-state index contributed by atoms with van der Waals surface area (Å²) in [6.45, 7) is 3.55. The molecular formula is C14H12BrNO. The third kappa shape index (κ3) is 2.56. The Labute approximate surface area is 108 Å². The zero-order chi connectivity index (χ0) is 12.3. The number of rotatable bonds is 3. The van der Waals surface area contributed by atoms with Gasteiger partial charge in [-0.05, 0) is 17.5 Å². The number of anilines is 1. The average Bonchev–Trinajstić information content (AvgIpc) is 2.34. The number of amides is 1. The summed E-state index contributed by atoms with van der Waals surface area (Å²) >= 11 is 3.50. The van der Waals surface area contributed by atoms with Gasteiger partial charge in [-0.3, -0.25) is 4.79 Å². The maximum absolute atomic E-state index is 11.5. The fourth-order valence-electron chi connectivity index (χ4n) is 1.70. The topological polar surface area (TPSA) is 29.1 Å². The molecule has 0 atom stereocenters. The zero-order valence-corrected chi connectivity index (χ0v) is 10.8. The molecule has 2 aromatic rings. The monoisotopic (exact) mass is 289 g/mol. The summed E-state index contributed by atoms with van der Waals surface area (Å²) in [5, 5.41) is 5.00. The molecule has 17 heavy (non-hydrogen) atoms. The summed E-state index contributed by atoms with van der Waals surface area (Å²) in [6, 6.07) is 11.8. The van der Waals surface area contributed by atoms with Crippen LogP contribution in [0.5, 0.6) is 0 Å². The fourth-order valence-corrected chi connectivity index (χ4v) is 2.18. The molecule has 0 fully saturated rings. The van der Waals surface area contributed by atoms with Gasteiger partial charge < -0.3 is 5.32 Å². The Bertz CT molecular complexity index is 577. The normalized spacial score (nSPS) is 10.2. The fraction of sp³-hybridized carbons (Fsp3) is 0.0714. The van der Waals surface area contributed by atoms with Crippen molar-refractivity contribution >= 4 is 38.3 Å². The maximum atomic E-state index is 11.5. The van der Waals surface area contributed by atoms with Crippen molar-refractivity contribution < 1.29 is 4.79 Å². The maximum Gasteiger partial charge on any atom is 0.228 e. The first kappa shape index (κ1) is 11.9. The number of halogens is 1. The highest BCUT2D eigenvalue weighted by Crippen LogP contribution is 2.29. The van der Waals surface area contributed by atoms with E-state index in [1.165, 1.54) is 0 Å². The van der Waals surface area contributed by atoms with Crippen LogP contribution < -0.4 is 5.32 Å². The number of benzene rings is 2. The summed E-state index contributed by atoms with van der Waals surface area (Å²) in [6.07, 6.45) is 1.92. The molecule has 1 N–H and O–H groups in total. The molecule has 2 aromatic carbocycles. The van der Waals surface area contributed by atoms with Gasteiger partial charge in [-0.15, -0.1) is 6.58 Å². The smallest absolute Gasteiger partial charge is 0.228 e. The number of carbonyl (C=O) groups is 1. The Hall–Kier alpha value is -1.61. The third-order valence-corrected chi connectivity index (χ3v) is 3.17. The number of hydrogen-bond donors (Lipinski definition) is 1. The second-order valence-electron chi connectivity index (χ2n) is 3.68. The van der Waals surface area contributed by atoms with Gasteiger partial charge >= 0.3 is 0 Å². The molecule has 0 aliphatic carbocycles. The van der Waals surface area contributed by atoms with E-state index in [2.05, 4.69) is 27.8 Å². The predicted molar refractivity (Wildman–Crippen MR) is 75.1 cm³/mol. The highest BCUT2D eigenvalue weighted by molar-refractivity contribution is 9.10. The molecular weight excluding hydrogens is 278 g/mol. The Morgan fingerprint density at radius 3 is 2.65 bits per heavy atom. The average molecular weight is 290 g/mol. The minimum absolute atomic E-state index is 0.0486. The van der Waals surface area contributed by atoms with E-state index in [9.17, 15) is 4.79 Å². The quantitative estimate of drug-likeness (QED) is 0.846. The van der Waals surface area contributed by atoms with Crippen LogP contribution in [0.1, 0.15) is 6.42 Å². The Kier molecular flexibility index (Phi) is 3.59. The highest BCUT2D eigenvalue weighted by atomic mass is 79.9. The molecule has 0 unspecified atom stereocenters. The van der Waals surface area contributed by atoms with E-state index in [-0.39, 0.29) is 5.91 Å². The van der Waals surface area contributed by atoms with Gasteiger partial charge in [0, 0.05) is 22.0 Å². The molecule has 1 amide bonds. The first-order valence-corrected chi connectivity index (χ1v) is 6.09. The number of nitrogens with one attached hydrogen (secondary N) is 1. The van der Waals surface area contributed by atoms with Crippen molar-refractivity contribution in [3.63, 3.8) is 0 Å². The van der Waals surface area contributed by atoms with Crippen molar-refractivity contribution in [2.45, 2.75) is 6.42 Å². The molecule has 0 spiro atoms. The molecule has 0 saturated carbocycles. The van der Waals surface area contributed by atoms with Crippen molar-refractivity contribution in [2.75, 3.05) is 5.32 Å². The van der Waals surface area contributed by atoms with Crippen LogP contribution in [-0.2, 0) is 4.79 Å².